The van der Waals surface area contributed by atoms with Crippen molar-refractivity contribution in [2.45, 2.75) is 140 Å². The van der Waals surface area contributed by atoms with Crippen molar-refractivity contribution in [1.29, 1.82) is 0 Å². The molecule has 1 aromatic carbocycles. The predicted molar refractivity (Wildman–Crippen MR) is 198 cm³/mol. The lowest BCUT2D eigenvalue weighted by molar-refractivity contribution is -0.0588. The number of aliphatic hydroxyl groups excluding tert-OH is 1. The fourth-order valence-electron chi connectivity index (χ4n) is 7.79. The molecule has 0 unspecified atom stereocenters. The highest BCUT2D eigenvalue weighted by molar-refractivity contribution is 7.91. The van der Waals surface area contributed by atoms with Gasteiger partial charge in [0.05, 0.1) is 66.7 Å². The van der Waals surface area contributed by atoms with Crippen LogP contribution in [0.4, 0.5) is 0 Å². The summed E-state index contributed by atoms with van der Waals surface area (Å²) >= 11 is 0. The largest absolute Gasteiger partial charge is 0.389 e. The number of sulfone groups is 1. The maximum Gasteiger partial charge on any atom is 0.264 e. The van der Waals surface area contributed by atoms with Crippen molar-refractivity contribution >= 4 is 20.0 Å². The third-order valence-electron chi connectivity index (χ3n) is 10.9. The van der Waals surface area contributed by atoms with E-state index in [1.54, 1.807) is 30.3 Å². The van der Waals surface area contributed by atoms with E-state index in [4.69, 9.17) is 23.1 Å². The summed E-state index contributed by atoms with van der Waals surface area (Å²) in [5, 5.41) is 11.4. The normalized spacial score (nSPS) is 28.5. The summed E-state index contributed by atoms with van der Waals surface area (Å²) < 4.78 is 80.8. The number of rotatable bonds is 21. The van der Waals surface area contributed by atoms with E-state index in [0.717, 1.165) is 43.9 Å². The molecule has 3 aliphatic heterocycles. The minimum Gasteiger partial charge on any atom is -0.389 e. The lowest BCUT2D eigenvalue weighted by atomic mass is 9.83. The topological polar surface area (TPSA) is 135 Å². The molecule has 290 valence electrons. The van der Waals surface area contributed by atoms with Gasteiger partial charge in [-0.05, 0) is 86.0 Å². The molecule has 0 amide bonds. The van der Waals surface area contributed by atoms with Gasteiger partial charge in [-0.15, -0.1) is 0 Å². The molecule has 51 heavy (non-hydrogen) atoms. The Balaban J connectivity index is 1.33. The molecule has 3 fully saturated rings. The zero-order valence-corrected chi connectivity index (χ0v) is 32.9. The first-order valence-electron chi connectivity index (χ1n) is 18.8. The highest BCUT2D eigenvalue weighted by Crippen LogP contribution is 2.40. The van der Waals surface area contributed by atoms with Crippen LogP contribution in [0.2, 0.25) is 0 Å². The van der Waals surface area contributed by atoms with Gasteiger partial charge in [0.15, 0.2) is 16.1 Å². The van der Waals surface area contributed by atoms with Crippen LogP contribution in [0.3, 0.4) is 0 Å². The second-order valence-electron chi connectivity index (χ2n) is 15.4. The highest BCUT2D eigenvalue weighted by Gasteiger charge is 2.45. The van der Waals surface area contributed by atoms with Crippen LogP contribution in [-0.2, 0) is 43.1 Å². The average Bonchev–Trinajstić information content (AvgIpc) is 3.78. The third-order valence-corrected chi connectivity index (χ3v) is 13.4. The fraction of sp³-hybridized carbons (Fsp3) is 0.744. The molecule has 3 aliphatic rings. The van der Waals surface area contributed by atoms with Crippen molar-refractivity contribution in [1.82, 2.24) is 0 Å². The van der Waals surface area contributed by atoms with Crippen LogP contribution in [0.1, 0.15) is 91.9 Å². The van der Waals surface area contributed by atoms with Crippen molar-refractivity contribution < 1.29 is 45.1 Å². The predicted octanol–water partition coefficient (Wildman–Crippen LogP) is 6.63. The Kier molecular flexibility index (Phi) is 15.8. The van der Waals surface area contributed by atoms with E-state index in [1.165, 1.54) is 0 Å². The number of aliphatic hydroxyl groups is 1. The van der Waals surface area contributed by atoms with Crippen LogP contribution >= 0.6 is 0 Å². The molecule has 0 aliphatic carbocycles. The van der Waals surface area contributed by atoms with Gasteiger partial charge < -0.3 is 24.1 Å². The van der Waals surface area contributed by atoms with Crippen molar-refractivity contribution in [3.8, 4) is 0 Å². The molecule has 0 spiro atoms. The molecule has 10 atom stereocenters. The van der Waals surface area contributed by atoms with Gasteiger partial charge in [0, 0.05) is 18.8 Å². The van der Waals surface area contributed by atoms with E-state index < -0.39 is 38.3 Å². The highest BCUT2D eigenvalue weighted by atomic mass is 32.2. The van der Waals surface area contributed by atoms with Crippen molar-refractivity contribution in [2.24, 2.45) is 23.7 Å². The Morgan fingerprint density at radius 3 is 2.31 bits per heavy atom. The molecule has 1 aromatic rings. The van der Waals surface area contributed by atoms with Crippen molar-refractivity contribution in [3.05, 3.63) is 54.6 Å². The third kappa shape index (κ3) is 13.0. The van der Waals surface area contributed by atoms with Crippen LogP contribution in [0.15, 0.2) is 59.5 Å². The standard InChI is InChI=1S/C39H62O10S2/c1-8-26(2)22-37-30(6)34(25-51(43,44)33-12-10-9-11-13-33)38(48-37)24-35(40)28(4)20-27(3)21-32(49-50(7,41)42)14-16-36-29(5)23-31(47-36)15-17-39-45-18-19-46-39/h9-13,26-27,30-32,34-40H,4-5,8,14-25H2,1-3,6-7H3/t26-,27+,30-,31+,32-,34-,35-,36+,37-,38+/m1/s1. The molecule has 0 radical (unpaired) electrons. The van der Waals surface area contributed by atoms with Gasteiger partial charge in [-0.2, -0.15) is 8.42 Å². The lowest BCUT2D eigenvalue weighted by Crippen LogP contribution is -2.31. The summed E-state index contributed by atoms with van der Waals surface area (Å²) in [6.45, 7) is 18.0. The Morgan fingerprint density at radius 2 is 1.67 bits per heavy atom. The molecular weight excluding hydrogens is 693 g/mol. The molecule has 3 saturated heterocycles. The molecule has 4 rings (SSSR count). The van der Waals surface area contributed by atoms with Gasteiger partial charge in [-0.25, -0.2) is 8.42 Å². The first-order chi connectivity index (χ1) is 24.0. The van der Waals surface area contributed by atoms with Gasteiger partial charge in [0.1, 0.15) is 0 Å². The van der Waals surface area contributed by atoms with Gasteiger partial charge >= 0.3 is 0 Å². The summed E-state index contributed by atoms with van der Waals surface area (Å²) in [6.07, 6.45) is 5.08. The summed E-state index contributed by atoms with van der Waals surface area (Å²) in [7, 11) is -7.28. The van der Waals surface area contributed by atoms with Crippen LogP contribution in [-0.4, -0.2) is 90.1 Å². The maximum atomic E-state index is 13.5. The van der Waals surface area contributed by atoms with E-state index in [9.17, 15) is 21.9 Å². The van der Waals surface area contributed by atoms with E-state index in [2.05, 4.69) is 33.9 Å². The van der Waals surface area contributed by atoms with Crippen LogP contribution < -0.4 is 0 Å². The first-order valence-corrected chi connectivity index (χ1v) is 22.2. The van der Waals surface area contributed by atoms with Crippen LogP contribution in [0.25, 0.3) is 0 Å². The smallest absolute Gasteiger partial charge is 0.264 e. The fourth-order valence-corrected chi connectivity index (χ4v) is 10.3. The molecule has 3 heterocycles. The van der Waals surface area contributed by atoms with E-state index in [1.807, 2.05) is 6.92 Å². The SMILES string of the molecule is C=C(C[C@H](C)C[C@@H](CC[C@@H]1O[C@@H](CCC2OCCO2)CC1=C)OS(C)(=O)=O)[C@H](O)C[C@@H]1O[C@H](C[C@H](C)CC)[C@H](C)[C@H]1CS(=O)(=O)c1ccccc1. The minimum absolute atomic E-state index is 0.00122. The van der Waals surface area contributed by atoms with E-state index in [0.29, 0.717) is 55.3 Å². The Morgan fingerprint density at radius 1 is 0.980 bits per heavy atom. The second kappa shape index (κ2) is 19.1. The quantitative estimate of drug-likeness (QED) is 0.108. The first kappa shape index (κ1) is 42.1. The molecular formula is C39H62O10S2. The maximum absolute atomic E-state index is 13.5. The molecule has 12 heteroatoms. The molecule has 10 nitrogen and oxygen atoms in total. The average molecular weight is 755 g/mol. The zero-order valence-electron chi connectivity index (χ0n) is 31.3. The van der Waals surface area contributed by atoms with Crippen molar-refractivity contribution in [3.63, 3.8) is 0 Å². The van der Waals surface area contributed by atoms with Crippen LogP contribution in [0, 0.1) is 23.7 Å². The second-order valence-corrected chi connectivity index (χ2v) is 19.0. The van der Waals surface area contributed by atoms with Crippen LogP contribution in [0.5, 0.6) is 0 Å². The summed E-state index contributed by atoms with van der Waals surface area (Å²) in [4.78, 5) is 0.291. The molecule has 1 N–H and O–H groups in total. The Labute approximate surface area is 307 Å². The van der Waals surface area contributed by atoms with Crippen molar-refractivity contribution in [2.75, 3.05) is 25.2 Å². The number of hydrogen-bond donors (Lipinski definition) is 1. The summed E-state index contributed by atoms with van der Waals surface area (Å²) in [6, 6.07) is 8.50. The molecule has 0 aromatic heterocycles. The molecule has 0 saturated carbocycles. The number of benzene rings is 1. The van der Waals surface area contributed by atoms with Gasteiger partial charge in [-0.1, -0.05) is 65.5 Å². The lowest BCUT2D eigenvalue weighted by Gasteiger charge is -2.26. The zero-order chi connectivity index (χ0) is 37.3. The summed E-state index contributed by atoms with van der Waals surface area (Å²) in [5.41, 5.74) is 1.61. The van der Waals surface area contributed by atoms with Gasteiger partial charge in [-0.3, -0.25) is 4.18 Å². The monoisotopic (exact) mass is 754 g/mol. The number of ether oxygens (including phenoxy) is 4. The molecule has 0 bridgehead atoms. The minimum atomic E-state index is -3.71. The summed E-state index contributed by atoms with van der Waals surface area (Å²) in [5.74, 6) is 0.0503. The van der Waals surface area contributed by atoms with E-state index in [-0.39, 0.29) is 54.5 Å². The van der Waals surface area contributed by atoms with Gasteiger partial charge in [0.25, 0.3) is 10.1 Å². The Bertz CT molecular complexity index is 1470. The van der Waals surface area contributed by atoms with Gasteiger partial charge in [0.2, 0.25) is 0 Å². The number of hydrogen-bond acceptors (Lipinski definition) is 10. The Hall–Kier alpha value is -1.64. The van der Waals surface area contributed by atoms with E-state index >= 15 is 0 Å².